The lowest BCUT2D eigenvalue weighted by Crippen LogP contribution is -2.59. The topological polar surface area (TPSA) is 227 Å². The summed E-state index contributed by atoms with van der Waals surface area (Å²) in [7, 11) is 0. The van der Waals surface area contributed by atoms with E-state index in [9.17, 15) is 53.7 Å². The molecule has 4 N–H and O–H groups in total. The number of aliphatic hydroxyl groups is 3. The number of carbonyl (C=O) groups is 6. The Hall–Kier alpha value is -5.02. The normalized spacial score (nSPS) is 22.5. The van der Waals surface area contributed by atoms with E-state index in [-0.39, 0.29) is 36.3 Å². The second-order valence-electron chi connectivity index (χ2n) is 8.96. The molecule has 1 aliphatic rings. The zero-order valence-electron chi connectivity index (χ0n) is 20.7. The van der Waals surface area contributed by atoms with E-state index in [4.69, 9.17) is 4.74 Å². The van der Waals surface area contributed by atoms with Crippen molar-refractivity contribution < 1.29 is 48.8 Å². The summed E-state index contributed by atoms with van der Waals surface area (Å²) >= 11 is 0. The lowest BCUT2D eigenvalue weighted by Gasteiger charge is -2.32. The van der Waals surface area contributed by atoms with Crippen LogP contribution in [0, 0.1) is 0 Å². The largest absolute Gasteiger partial charge is 0.385 e. The molecule has 4 rings (SSSR count). The molecule has 1 unspecified atom stereocenters. The number of aliphatic hydroxyl groups excluding tert-OH is 2. The molecule has 1 fully saturated rings. The molecule has 1 aromatic heterocycles. The van der Waals surface area contributed by atoms with E-state index >= 15 is 0 Å². The maximum absolute atomic E-state index is 13.8. The van der Waals surface area contributed by atoms with E-state index in [1.165, 1.54) is 24.3 Å². The summed E-state index contributed by atoms with van der Waals surface area (Å²) in [5.41, 5.74) is -7.73. The van der Waals surface area contributed by atoms with Crippen LogP contribution in [0.15, 0.2) is 58.3 Å². The molecule has 0 spiro atoms. The minimum absolute atomic E-state index is 0.143. The van der Waals surface area contributed by atoms with Crippen LogP contribution in [0.1, 0.15) is 68.4 Å². The maximum atomic E-state index is 13.8. The Bertz CT molecular complexity index is 1710. The third-order valence-corrected chi connectivity index (χ3v) is 6.76. The quantitative estimate of drug-likeness (QED) is 0.170. The van der Waals surface area contributed by atoms with Crippen molar-refractivity contribution in [3.8, 4) is 0 Å². The molecule has 3 aromatic rings. The highest BCUT2D eigenvalue weighted by Gasteiger charge is 2.64. The van der Waals surface area contributed by atoms with Crippen molar-refractivity contribution in [2.75, 3.05) is 0 Å². The van der Waals surface area contributed by atoms with E-state index in [1.807, 2.05) is 4.98 Å². The van der Waals surface area contributed by atoms with Gasteiger partial charge in [0, 0.05) is 45.6 Å². The highest BCUT2D eigenvalue weighted by atomic mass is 16.6. The number of hydrogen-bond acceptors (Lipinski definition) is 12. The number of hydrogen-bond donors (Lipinski definition) is 4. The molecule has 0 bridgehead atoms. The summed E-state index contributed by atoms with van der Waals surface area (Å²) in [6.07, 6.45) is -7.57. The Labute approximate surface area is 228 Å². The summed E-state index contributed by atoms with van der Waals surface area (Å²) in [6.45, 7) is 0. The molecule has 0 saturated carbocycles. The van der Waals surface area contributed by atoms with Gasteiger partial charge in [0.05, 0.1) is 0 Å². The Morgan fingerprint density at radius 1 is 0.902 bits per heavy atom. The van der Waals surface area contributed by atoms with Gasteiger partial charge in [0.15, 0.2) is 42.8 Å². The molecule has 14 nitrogen and oxygen atoms in total. The van der Waals surface area contributed by atoms with Crippen LogP contribution in [0.4, 0.5) is 0 Å². The Morgan fingerprint density at radius 3 is 2.00 bits per heavy atom. The summed E-state index contributed by atoms with van der Waals surface area (Å²) < 4.78 is 6.11. The summed E-state index contributed by atoms with van der Waals surface area (Å²) in [5.74, 6) is -2.78. The fourth-order valence-corrected chi connectivity index (χ4v) is 4.70. The second kappa shape index (κ2) is 11.2. The smallest absolute Gasteiger partial charge is 0.330 e. The monoisotopic (exact) mass is 564 g/mol. The van der Waals surface area contributed by atoms with Crippen molar-refractivity contribution in [1.82, 2.24) is 9.55 Å². The first-order valence-electron chi connectivity index (χ1n) is 11.8. The summed E-state index contributed by atoms with van der Waals surface area (Å²) in [5, 5.41) is 34.1. The number of nitrogens with zero attached hydrogens (tertiary/aromatic N) is 1. The molecule has 41 heavy (non-hydrogen) atoms. The predicted molar refractivity (Wildman–Crippen MR) is 135 cm³/mol. The van der Waals surface area contributed by atoms with Gasteiger partial charge in [-0.1, -0.05) is 36.4 Å². The molecule has 5 atom stereocenters. The van der Waals surface area contributed by atoms with Gasteiger partial charge in [-0.15, -0.1) is 0 Å². The number of aldehydes is 4. The van der Waals surface area contributed by atoms with Crippen LogP contribution in [-0.4, -0.2) is 85.5 Å². The maximum Gasteiger partial charge on any atom is 0.330 e. The van der Waals surface area contributed by atoms with Gasteiger partial charge >= 0.3 is 5.69 Å². The Balaban J connectivity index is 1.90. The molecular weight excluding hydrogens is 544 g/mol. The highest BCUT2D eigenvalue weighted by molar-refractivity contribution is 6.12. The first-order chi connectivity index (χ1) is 19.5. The standard InChI is InChI=1S/C27H20N2O12/c30-9-13-3-1-5-15(17(13)11-32)20(35)21(36)24-27(40,22(37)16-6-2-4-14(10-31)18(16)12-33)23(38)25(41-24)29-8-7-19(34)28-26(29)39/h1-12,21,23-25,36,38,40H,(H,28,34,39)/t21?,23-,24+,25+,27-/m0/s1. The van der Waals surface area contributed by atoms with Gasteiger partial charge < -0.3 is 20.1 Å². The van der Waals surface area contributed by atoms with Gasteiger partial charge in [0.1, 0.15) is 18.3 Å². The zero-order valence-corrected chi connectivity index (χ0v) is 20.7. The molecule has 2 heterocycles. The predicted octanol–water partition coefficient (Wildman–Crippen LogP) is -1.10. The van der Waals surface area contributed by atoms with Crippen molar-refractivity contribution in [3.05, 3.63) is 103 Å². The highest BCUT2D eigenvalue weighted by Crippen LogP contribution is 2.41. The van der Waals surface area contributed by atoms with Crippen molar-refractivity contribution in [1.29, 1.82) is 0 Å². The Kier molecular flexibility index (Phi) is 7.93. The number of rotatable bonds is 10. The van der Waals surface area contributed by atoms with Crippen molar-refractivity contribution >= 4 is 36.7 Å². The molecule has 14 heteroatoms. The fraction of sp³-hybridized carbons (Fsp3) is 0.185. The van der Waals surface area contributed by atoms with Gasteiger partial charge in [-0.2, -0.15) is 0 Å². The van der Waals surface area contributed by atoms with Crippen molar-refractivity contribution in [2.45, 2.75) is 30.1 Å². The number of carbonyl (C=O) groups excluding carboxylic acids is 6. The van der Waals surface area contributed by atoms with Crippen LogP contribution >= 0.6 is 0 Å². The van der Waals surface area contributed by atoms with E-state index in [0.29, 0.717) is 4.57 Å². The van der Waals surface area contributed by atoms with Gasteiger partial charge in [0.2, 0.25) is 5.78 Å². The molecule has 0 amide bonds. The number of aromatic nitrogens is 2. The van der Waals surface area contributed by atoms with E-state index in [0.717, 1.165) is 24.4 Å². The molecular formula is C27H20N2O12. The van der Waals surface area contributed by atoms with Crippen LogP contribution in [0.2, 0.25) is 0 Å². The number of H-pyrrole nitrogens is 1. The van der Waals surface area contributed by atoms with Crippen LogP contribution in [0.5, 0.6) is 0 Å². The van der Waals surface area contributed by atoms with Crippen LogP contribution in [0.3, 0.4) is 0 Å². The van der Waals surface area contributed by atoms with E-state index in [1.54, 1.807) is 0 Å². The van der Waals surface area contributed by atoms with Crippen molar-refractivity contribution in [3.63, 3.8) is 0 Å². The number of ether oxygens (including phenoxy) is 1. The third kappa shape index (κ3) is 4.70. The van der Waals surface area contributed by atoms with Gasteiger partial charge in [-0.05, 0) is 0 Å². The van der Waals surface area contributed by atoms with Gasteiger partial charge in [-0.3, -0.25) is 43.1 Å². The van der Waals surface area contributed by atoms with Gasteiger partial charge in [0.25, 0.3) is 5.56 Å². The minimum atomic E-state index is -3.27. The van der Waals surface area contributed by atoms with E-state index < -0.39 is 75.2 Å². The first-order valence-corrected chi connectivity index (χ1v) is 11.8. The Morgan fingerprint density at radius 2 is 1.46 bits per heavy atom. The number of aromatic amines is 1. The molecule has 2 aromatic carbocycles. The zero-order chi connectivity index (χ0) is 30.1. The fourth-order valence-electron chi connectivity index (χ4n) is 4.70. The number of nitrogens with one attached hydrogen (secondary N) is 1. The number of Topliss-reactive ketones (excluding diaryl/α,β-unsaturated/α-hetero) is 2. The second-order valence-corrected chi connectivity index (χ2v) is 8.96. The average molecular weight is 564 g/mol. The SMILES string of the molecule is O=Cc1cccc(C(=O)C(O)[C@H]2O[C@@H](n3ccc(=O)[nH]c3=O)[C@H](O)[C@@]2(O)C(=O)c2cccc(C=O)c2C=O)c1C=O. The number of ketones is 2. The summed E-state index contributed by atoms with van der Waals surface area (Å²) in [6, 6.07) is 7.79. The van der Waals surface area contributed by atoms with Gasteiger partial charge in [-0.25, -0.2) is 4.79 Å². The first kappa shape index (κ1) is 29.0. The molecule has 1 aliphatic heterocycles. The molecule has 210 valence electrons. The van der Waals surface area contributed by atoms with Crippen LogP contribution in [-0.2, 0) is 4.74 Å². The lowest BCUT2D eigenvalue weighted by atomic mass is 9.79. The average Bonchev–Trinajstić information content (AvgIpc) is 3.25. The summed E-state index contributed by atoms with van der Waals surface area (Å²) in [4.78, 5) is 99.3. The van der Waals surface area contributed by atoms with Crippen LogP contribution < -0.4 is 11.2 Å². The lowest BCUT2D eigenvalue weighted by molar-refractivity contribution is -0.0924. The minimum Gasteiger partial charge on any atom is -0.385 e. The van der Waals surface area contributed by atoms with Crippen LogP contribution in [0.25, 0.3) is 0 Å². The van der Waals surface area contributed by atoms with Crippen molar-refractivity contribution in [2.24, 2.45) is 0 Å². The molecule has 0 radical (unpaired) electrons. The molecule has 0 aliphatic carbocycles. The third-order valence-electron chi connectivity index (χ3n) is 6.76. The molecule has 1 saturated heterocycles. The van der Waals surface area contributed by atoms with E-state index in [2.05, 4.69) is 0 Å². The number of benzene rings is 2.